The van der Waals surface area contributed by atoms with Crippen LogP contribution >= 0.6 is 11.6 Å². The molecule has 2 rings (SSSR count). The van der Waals surface area contributed by atoms with Crippen molar-refractivity contribution in [1.82, 2.24) is 9.55 Å². The third-order valence-corrected chi connectivity index (χ3v) is 2.88. The van der Waals surface area contributed by atoms with Gasteiger partial charge in [0.05, 0.1) is 12.1 Å². The molecule has 1 aromatic carbocycles. The van der Waals surface area contributed by atoms with Gasteiger partial charge in [0.1, 0.15) is 5.75 Å². The molecule has 1 heterocycles. The first kappa shape index (κ1) is 12.8. The number of hydrogen-bond donors (Lipinski definition) is 1. The molecule has 0 spiro atoms. The molecule has 0 saturated carbocycles. The van der Waals surface area contributed by atoms with E-state index in [0.717, 1.165) is 24.6 Å². The lowest BCUT2D eigenvalue weighted by Gasteiger charge is -2.10. The van der Waals surface area contributed by atoms with Gasteiger partial charge in [-0.3, -0.25) is 0 Å². The lowest BCUT2D eigenvalue weighted by atomic mass is 10.3. The standard InChI is InChI=1S/C13H16ClN3O/c1-3-7-17-8-6-15-13(17)16-10-4-5-12(18-2)11(14)9-10/h4-6,8-9H,3,7H2,1-2H3,(H,15,16). The van der Waals surface area contributed by atoms with Crippen LogP contribution in [0.2, 0.25) is 5.02 Å². The molecule has 0 bridgehead atoms. The number of imidazole rings is 1. The largest absolute Gasteiger partial charge is 0.495 e. The number of aryl methyl sites for hydroxylation is 1. The number of anilines is 2. The number of methoxy groups -OCH3 is 1. The van der Waals surface area contributed by atoms with E-state index in [4.69, 9.17) is 16.3 Å². The highest BCUT2D eigenvalue weighted by molar-refractivity contribution is 6.32. The summed E-state index contributed by atoms with van der Waals surface area (Å²) in [6.07, 6.45) is 4.80. The monoisotopic (exact) mass is 265 g/mol. The maximum Gasteiger partial charge on any atom is 0.207 e. The molecule has 0 aliphatic carbocycles. The van der Waals surface area contributed by atoms with Gasteiger partial charge in [-0.1, -0.05) is 18.5 Å². The zero-order chi connectivity index (χ0) is 13.0. The summed E-state index contributed by atoms with van der Waals surface area (Å²) in [5.74, 6) is 1.48. The van der Waals surface area contributed by atoms with Crippen molar-refractivity contribution in [3.05, 3.63) is 35.6 Å². The fraction of sp³-hybridized carbons (Fsp3) is 0.308. The molecule has 0 amide bonds. The Kier molecular flexibility index (Phi) is 4.10. The van der Waals surface area contributed by atoms with Gasteiger partial charge >= 0.3 is 0 Å². The highest BCUT2D eigenvalue weighted by Crippen LogP contribution is 2.28. The Balaban J connectivity index is 2.18. The molecule has 18 heavy (non-hydrogen) atoms. The summed E-state index contributed by atoms with van der Waals surface area (Å²) in [6, 6.07) is 5.57. The fourth-order valence-corrected chi connectivity index (χ4v) is 1.99. The molecule has 0 atom stereocenters. The van der Waals surface area contributed by atoms with Crippen molar-refractivity contribution in [1.29, 1.82) is 0 Å². The topological polar surface area (TPSA) is 39.1 Å². The van der Waals surface area contributed by atoms with E-state index in [2.05, 4.69) is 21.8 Å². The molecule has 0 radical (unpaired) electrons. The highest BCUT2D eigenvalue weighted by Gasteiger charge is 2.05. The SMILES string of the molecule is CCCn1ccnc1Nc1ccc(OC)c(Cl)c1. The van der Waals surface area contributed by atoms with E-state index >= 15 is 0 Å². The molecular weight excluding hydrogens is 250 g/mol. The second kappa shape index (κ2) is 5.78. The third kappa shape index (κ3) is 2.76. The van der Waals surface area contributed by atoms with Crippen LogP contribution in [0.5, 0.6) is 5.75 Å². The number of halogens is 1. The van der Waals surface area contributed by atoms with Crippen LogP contribution in [0.4, 0.5) is 11.6 Å². The van der Waals surface area contributed by atoms with Crippen molar-refractivity contribution in [2.45, 2.75) is 19.9 Å². The van der Waals surface area contributed by atoms with Gasteiger partial charge < -0.3 is 14.6 Å². The first-order valence-electron chi connectivity index (χ1n) is 5.86. The minimum absolute atomic E-state index is 0.580. The second-order valence-electron chi connectivity index (χ2n) is 3.92. The smallest absolute Gasteiger partial charge is 0.207 e. The van der Waals surface area contributed by atoms with Crippen molar-refractivity contribution >= 4 is 23.2 Å². The maximum absolute atomic E-state index is 6.08. The molecule has 0 fully saturated rings. The summed E-state index contributed by atoms with van der Waals surface area (Å²) in [6.45, 7) is 3.07. The average Bonchev–Trinajstić information content (AvgIpc) is 2.78. The number of hydrogen-bond acceptors (Lipinski definition) is 3. The van der Waals surface area contributed by atoms with Crippen LogP contribution in [0.15, 0.2) is 30.6 Å². The van der Waals surface area contributed by atoms with Gasteiger partial charge in [-0.2, -0.15) is 0 Å². The molecular formula is C13H16ClN3O. The Hall–Kier alpha value is -1.68. The Morgan fingerprint density at radius 1 is 1.44 bits per heavy atom. The lowest BCUT2D eigenvalue weighted by molar-refractivity contribution is 0.415. The molecule has 2 aromatic rings. The predicted octanol–water partition coefficient (Wildman–Crippen LogP) is 3.70. The van der Waals surface area contributed by atoms with Crippen LogP contribution in [0.25, 0.3) is 0 Å². The Morgan fingerprint density at radius 2 is 2.28 bits per heavy atom. The van der Waals surface area contributed by atoms with Crippen molar-refractivity contribution in [2.75, 3.05) is 12.4 Å². The van der Waals surface area contributed by atoms with Crippen LogP contribution in [-0.2, 0) is 6.54 Å². The molecule has 0 aliphatic heterocycles. The lowest BCUT2D eigenvalue weighted by Crippen LogP contribution is -2.02. The summed E-state index contributed by atoms with van der Waals surface area (Å²) >= 11 is 6.08. The first-order valence-corrected chi connectivity index (χ1v) is 6.24. The van der Waals surface area contributed by atoms with Crippen molar-refractivity contribution < 1.29 is 4.74 Å². The van der Waals surface area contributed by atoms with Crippen molar-refractivity contribution in [3.63, 3.8) is 0 Å². The molecule has 1 N–H and O–H groups in total. The molecule has 1 aromatic heterocycles. The maximum atomic E-state index is 6.08. The van der Waals surface area contributed by atoms with Crippen LogP contribution in [-0.4, -0.2) is 16.7 Å². The van der Waals surface area contributed by atoms with E-state index in [-0.39, 0.29) is 0 Å². The number of rotatable bonds is 5. The summed E-state index contributed by atoms with van der Waals surface area (Å²) in [5, 5.41) is 3.82. The summed E-state index contributed by atoms with van der Waals surface area (Å²) in [4.78, 5) is 4.28. The van der Waals surface area contributed by atoms with Crippen LogP contribution in [0.1, 0.15) is 13.3 Å². The van der Waals surface area contributed by atoms with Crippen LogP contribution in [0, 0.1) is 0 Å². The summed E-state index contributed by atoms with van der Waals surface area (Å²) in [5.41, 5.74) is 0.893. The third-order valence-electron chi connectivity index (χ3n) is 2.59. The summed E-state index contributed by atoms with van der Waals surface area (Å²) < 4.78 is 7.18. The highest BCUT2D eigenvalue weighted by atomic mass is 35.5. The summed E-state index contributed by atoms with van der Waals surface area (Å²) in [7, 11) is 1.60. The number of benzene rings is 1. The van der Waals surface area contributed by atoms with E-state index in [0.29, 0.717) is 10.8 Å². The fourth-order valence-electron chi connectivity index (χ4n) is 1.73. The Bertz CT molecular complexity index is 525. The Labute approximate surface area is 112 Å². The van der Waals surface area contributed by atoms with Crippen molar-refractivity contribution in [2.24, 2.45) is 0 Å². The van der Waals surface area contributed by atoms with E-state index < -0.39 is 0 Å². The number of nitrogens with zero attached hydrogens (tertiary/aromatic N) is 2. The molecule has 0 saturated heterocycles. The number of ether oxygens (including phenoxy) is 1. The number of nitrogens with one attached hydrogen (secondary N) is 1. The molecule has 0 unspecified atom stereocenters. The Morgan fingerprint density at radius 3 is 2.94 bits per heavy atom. The van der Waals surface area contributed by atoms with Gasteiger partial charge in [0.2, 0.25) is 5.95 Å². The molecule has 4 nitrogen and oxygen atoms in total. The zero-order valence-corrected chi connectivity index (χ0v) is 11.2. The minimum Gasteiger partial charge on any atom is -0.495 e. The first-order chi connectivity index (χ1) is 8.74. The minimum atomic E-state index is 0.580. The van der Waals surface area contributed by atoms with Gasteiger partial charge in [0.25, 0.3) is 0 Å². The van der Waals surface area contributed by atoms with E-state index in [1.54, 1.807) is 13.3 Å². The van der Waals surface area contributed by atoms with Gasteiger partial charge in [-0.25, -0.2) is 4.98 Å². The molecule has 0 aliphatic rings. The van der Waals surface area contributed by atoms with Gasteiger partial charge in [-0.15, -0.1) is 0 Å². The van der Waals surface area contributed by atoms with Gasteiger partial charge in [0.15, 0.2) is 0 Å². The van der Waals surface area contributed by atoms with Crippen molar-refractivity contribution in [3.8, 4) is 5.75 Å². The van der Waals surface area contributed by atoms with E-state index in [1.807, 2.05) is 24.4 Å². The average molecular weight is 266 g/mol. The molecule has 96 valence electrons. The van der Waals surface area contributed by atoms with Crippen LogP contribution in [0.3, 0.4) is 0 Å². The van der Waals surface area contributed by atoms with E-state index in [9.17, 15) is 0 Å². The second-order valence-corrected chi connectivity index (χ2v) is 4.33. The molecule has 5 heteroatoms. The van der Waals surface area contributed by atoms with Crippen LogP contribution < -0.4 is 10.1 Å². The van der Waals surface area contributed by atoms with E-state index in [1.165, 1.54) is 0 Å². The van der Waals surface area contributed by atoms with Gasteiger partial charge in [0, 0.05) is 24.6 Å². The van der Waals surface area contributed by atoms with Gasteiger partial charge in [-0.05, 0) is 24.6 Å². The number of aromatic nitrogens is 2. The predicted molar refractivity (Wildman–Crippen MR) is 73.8 cm³/mol. The zero-order valence-electron chi connectivity index (χ0n) is 10.5. The normalized spacial score (nSPS) is 10.4. The quantitative estimate of drug-likeness (QED) is 0.896.